The van der Waals surface area contributed by atoms with E-state index in [4.69, 9.17) is 10.5 Å². The van der Waals surface area contributed by atoms with E-state index in [0.29, 0.717) is 29.9 Å². The van der Waals surface area contributed by atoms with Crippen LogP contribution in [0.2, 0.25) is 0 Å². The third-order valence-electron chi connectivity index (χ3n) is 4.49. The highest BCUT2D eigenvalue weighted by Gasteiger charge is 2.33. The minimum absolute atomic E-state index is 0. The van der Waals surface area contributed by atoms with Gasteiger partial charge in [0.05, 0.1) is 11.3 Å². The average Bonchev–Trinajstić information content (AvgIpc) is 2.47. The topological polar surface area (TPSA) is 65.2 Å². The van der Waals surface area contributed by atoms with Gasteiger partial charge >= 0.3 is 5.97 Å². The Morgan fingerprint density at radius 3 is 2.57 bits per heavy atom. The van der Waals surface area contributed by atoms with Gasteiger partial charge in [0, 0.05) is 12.7 Å². The van der Waals surface area contributed by atoms with E-state index in [0.717, 1.165) is 18.5 Å². The Morgan fingerprint density at radius 2 is 2.04 bits per heavy atom. The molecule has 0 aromatic carbocycles. The molecule has 1 aliphatic rings. The lowest BCUT2D eigenvalue weighted by atomic mass is 9.75. The Bertz CT molecular complexity index is 480. The molecule has 1 aromatic heterocycles. The molecule has 1 aliphatic carbocycles. The molecule has 1 saturated carbocycles. The summed E-state index contributed by atoms with van der Waals surface area (Å²) in [6, 6.07) is 3.52. The lowest BCUT2D eigenvalue weighted by Crippen LogP contribution is -2.35. The third kappa shape index (κ3) is 5.94. The first kappa shape index (κ1) is 22.2. The molecule has 132 valence electrons. The molecule has 1 aromatic rings. The molecule has 23 heavy (non-hydrogen) atoms. The molecular formula is C17H28Cl2N2O2. The fourth-order valence-corrected chi connectivity index (χ4v) is 3.12. The molecule has 0 saturated heterocycles. The van der Waals surface area contributed by atoms with Gasteiger partial charge in [0.15, 0.2) is 0 Å². The molecule has 2 rings (SSSR count). The van der Waals surface area contributed by atoms with Crippen LogP contribution in [0.15, 0.2) is 18.3 Å². The second-order valence-corrected chi connectivity index (χ2v) is 6.51. The van der Waals surface area contributed by atoms with Crippen LogP contribution in [-0.4, -0.2) is 17.1 Å². The highest BCUT2D eigenvalue weighted by atomic mass is 35.5. The normalized spacial score (nSPS) is 23.6. The summed E-state index contributed by atoms with van der Waals surface area (Å²) < 4.78 is 5.79. The molecular weight excluding hydrogens is 335 g/mol. The van der Waals surface area contributed by atoms with E-state index in [1.165, 1.54) is 6.42 Å². The molecule has 0 radical (unpaired) electrons. The fourth-order valence-electron chi connectivity index (χ4n) is 3.12. The molecule has 0 bridgehead atoms. The van der Waals surface area contributed by atoms with E-state index in [9.17, 15) is 4.79 Å². The van der Waals surface area contributed by atoms with Crippen LogP contribution >= 0.6 is 24.8 Å². The molecule has 6 heteroatoms. The van der Waals surface area contributed by atoms with Crippen LogP contribution in [0, 0.1) is 17.8 Å². The number of aromatic nitrogens is 1. The van der Waals surface area contributed by atoms with Crippen molar-refractivity contribution in [2.75, 3.05) is 0 Å². The SMILES string of the molecule is CC(C)[C@H]1CC[C@@H](C)C[C@@H]1OC(=O)c1ccc(CN)nc1.Cl.Cl. The second kappa shape index (κ2) is 10.1. The van der Waals surface area contributed by atoms with Gasteiger partial charge < -0.3 is 10.5 Å². The van der Waals surface area contributed by atoms with E-state index < -0.39 is 0 Å². The van der Waals surface area contributed by atoms with Crippen LogP contribution in [0.4, 0.5) is 0 Å². The summed E-state index contributed by atoms with van der Waals surface area (Å²) in [4.78, 5) is 16.4. The third-order valence-corrected chi connectivity index (χ3v) is 4.49. The zero-order valence-electron chi connectivity index (χ0n) is 14.0. The Balaban J connectivity index is 0.00000242. The molecule has 2 N–H and O–H groups in total. The summed E-state index contributed by atoms with van der Waals surface area (Å²) in [5.74, 6) is 1.35. The van der Waals surface area contributed by atoms with Gasteiger partial charge in [-0.1, -0.05) is 27.2 Å². The van der Waals surface area contributed by atoms with Crippen molar-refractivity contribution in [2.24, 2.45) is 23.5 Å². The number of pyridine rings is 1. The van der Waals surface area contributed by atoms with E-state index in [1.807, 2.05) is 0 Å². The number of nitrogens with zero attached hydrogens (tertiary/aromatic N) is 1. The number of rotatable bonds is 4. The van der Waals surface area contributed by atoms with Gasteiger partial charge in [-0.05, 0) is 42.7 Å². The van der Waals surface area contributed by atoms with Gasteiger partial charge in [-0.3, -0.25) is 4.98 Å². The Labute approximate surface area is 151 Å². The molecule has 0 unspecified atom stereocenters. The van der Waals surface area contributed by atoms with Crippen LogP contribution in [0.5, 0.6) is 0 Å². The smallest absolute Gasteiger partial charge is 0.339 e. The van der Waals surface area contributed by atoms with Crippen LogP contribution < -0.4 is 5.73 Å². The number of esters is 1. The number of halogens is 2. The van der Waals surface area contributed by atoms with Crippen molar-refractivity contribution in [2.45, 2.75) is 52.7 Å². The second-order valence-electron chi connectivity index (χ2n) is 6.51. The van der Waals surface area contributed by atoms with Crippen molar-refractivity contribution in [1.82, 2.24) is 4.98 Å². The zero-order chi connectivity index (χ0) is 15.4. The van der Waals surface area contributed by atoms with Crippen LogP contribution in [0.25, 0.3) is 0 Å². The summed E-state index contributed by atoms with van der Waals surface area (Å²) in [7, 11) is 0. The maximum absolute atomic E-state index is 12.3. The first-order valence-electron chi connectivity index (χ1n) is 7.87. The van der Waals surface area contributed by atoms with Gasteiger partial charge in [0.1, 0.15) is 6.10 Å². The monoisotopic (exact) mass is 362 g/mol. The lowest BCUT2D eigenvalue weighted by molar-refractivity contribution is -0.0174. The van der Waals surface area contributed by atoms with Crippen LogP contribution in [-0.2, 0) is 11.3 Å². The van der Waals surface area contributed by atoms with Crippen molar-refractivity contribution < 1.29 is 9.53 Å². The van der Waals surface area contributed by atoms with Crippen molar-refractivity contribution in [3.63, 3.8) is 0 Å². The first-order chi connectivity index (χ1) is 10.0. The largest absolute Gasteiger partial charge is 0.458 e. The van der Waals surface area contributed by atoms with Gasteiger partial charge in [-0.25, -0.2) is 4.79 Å². The zero-order valence-corrected chi connectivity index (χ0v) is 15.7. The molecule has 0 amide bonds. The highest BCUT2D eigenvalue weighted by molar-refractivity contribution is 5.89. The lowest BCUT2D eigenvalue weighted by Gasteiger charge is -2.36. The number of carbonyl (C=O) groups is 1. The maximum atomic E-state index is 12.3. The van der Waals surface area contributed by atoms with E-state index in [2.05, 4.69) is 25.8 Å². The summed E-state index contributed by atoms with van der Waals surface area (Å²) in [5.41, 5.74) is 6.80. The quantitative estimate of drug-likeness (QED) is 0.821. The predicted octanol–water partition coefficient (Wildman–Crippen LogP) is 4.00. The number of hydrogen-bond acceptors (Lipinski definition) is 4. The highest BCUT2D eigenvalue weighted by Crippen LogP contribution is 2.35. The van der Waals surface area contributed by atoms with Crippen molar-refractivity contribution in [3.05, 3.63) is 29.6 Å². The maximum Gasteiger partial charge on any atom is 0.339 e. The summed E-state index contributed by atoms with van der Waals surface area (Å²) in [6.45, 7) is 7.03. The van der Waals surface area contributed by atoms with E-state index >= 15 is 0 Å². The molecule has 4 nitrogen and oxygen atoms in total. The number of hydrogen-bond donors (Lipinski definition) is 1. The molecule has 0 spiro atoms. The average molecular weight is 363 g/mol. The predicted molar refractivity (Wildman–Crippen MR) is 97.2 cm³/mol. The minimum Gasteiger partial charge on any atom is -0.458 e. The van der Waals surface area contributed by atoms with Crippen molar-refractivity contribution >= 4 is 30.8 Å². The molecule has 3 atom stereocenters. The molecule has 1 heterocycles. The Hall–Kier alpha value is -0.840. The van der Waals surface area contributed by atoms with Gasteiger partial charge in [-0.2, -0.15) is 0 Å². The minimum atomic E-state index is -0.268. The number of nitrogens with two attached hydrogens (primary N) is 1. The van der Waals surface area contributed by atoms with Crippen molar-refractivity contribution in [1.29, 1.82) is 0 Å². The van der Waals surface area contributed by atoms with Gasteiger partial charge in [0.25, 0.3) is 0 Å². The first-order valence-corrected chi connectivity index (χ1v) is 7.87. The molecule has 0 aliphatic heterocycles. The van der Waals surface area contributed by atoms with Gasteiger partial charge in [0.2, 0.25) is 0 Å². The van der Waals surface area contributed by atoms with Crippen molar-refractivity contribution in [3.8, 4) is 0 Å². The molecule has 1 fully saturated rings. The summed E-state index contributed by atoms with van der Waals surface area (Å²) >= 11 is 0. The van der Waals surface area contributed by atoms with Gasteiger partial charge in [-0.15, -0.1) is 24.8 Å². The van der Waals surface area contributed by atoms with Crippen LogP contribution in [0.1, 0.15) is 56.1 Å². The Morgan fingerprint density at radius 1 is 1.35 bits per heavy atom. The van der Waals surface area contributed by atoms with Crippen LogP contribution in [0.3, 0.4) is 0 Å². The standard InChI is InChI=1S/C17H26N2O2.2ClH/c1-11(2)15-7-4-12(3)8-16(15)21-17(20)13-5-6-14(9-18)19-10-13;;/h5-6,10-12,15-16H,4,7-9,18H2,1-3H3;2*1H/t12-,15-,16+;;/m1../s1. The fraction of sp³-hybridized carbons (Fsp3) is 0.647. The van der Waals surface area contributed by atoms with E-state index in [1.54, 1.807) is 18.3 Å². The summed E-state index contributed by atoms with van der Waals surface area (Å²) in [5, 5.41) is 0. The van der Waals surface area contributed by atoms with E-state index in [-0.39, 0.29) is 36.9 Å². The summed E-state index contributed by atoms with van der Waals surface area (Å²) in [6.07, 6.45) is 4.91. The number of ether oxygens (including phenoxy) is 1. The Kier molecular flexibility index (Phi) is 9.74. The number of carbonyl (C=O) groups excluding carboxylic acids is 1.